The lowest BCUT2D eigenvalue weighted by atomic mass is 10.1. The van der Waals surface area contributed by atoms with Crippen LogP contribution in [0.15, 0.2) is 59.1 Å². The number of rotatable bonds is 7. The molecule has 0 bridgehead atoms. The van der Waals surface area contributed by atoms with E-state index in [0.29, 0.717) is 13.2 Å². The molecule has 0 saturated heterocycles. The molecule has 0 saturated carbocycles. The topological polar surface area (TPSA) is 30.5 Å². The van der Waals surface area contributed by atoms with Crippen molar-refractivity contribution < 1.29 is 9.47 Å². The van der Waals surface area contributed by atoms with Crippen LogP contribution in [0.25, 0.3) is 0 Å². The summed E-state index contributed by atoms with van der Waals surface area (Å²) in [7, 11) is 1.66. The number of benzene rings is 3. The van der Waals surface area contributed by atoms with Gasteiger partial charge in [0.05, 0.1) is 10.7 Å². The smallest absolute Gasteiger partial charge is 0.174 e. The molecule has 1 N–H and O–H groups in total. The minimum absolute atomic E-state index is 0.485. The van der Waals surface area contributed by atoms with Crippen LogP contribution in [0.1, 0.15) is 16.7 Å². The molecule has 146 valence electrons. The molecule has 0 amide bonds. The van der Waals surface area contributed by atoms with Gasteiger partial charge in [-0.3, -0.25) is 0 Å². The predicted molar refractivity (Wildman–Crippen MR) is 128 cm³/mol. The number of aryl methyl sites for hydroxylation is 1. The monoisotopic (exact) mass is 571 g/mol. The number of hydrogen-bond acceptors (Lipinski definition) is 3. The third-order valence-corrected chi connectivity index (χ3v) is 5.99. The summed E-state index contributed by atoms with van der Waals surface area (Å²) in [4.78, 5) is 0. The van der Waals surface area contributed by atoms with Crippen molar-refractivity contribution in [3.63, 3.8) is 0 Å². The van der Waals surface area contributed by atoms with Crippen LogP contribution in [0, 0.1) is 10.5 Å². The first-order valence-corrected chi connectivity index (χ1v) is 10.9. The van der Waals surface area contributed by atoms with Crippen molar-refractivity contribution in [2.45, 2.75) is 20.1 Å². The molecule has 3 nitrogen and oxygen atoms in total. The third-order valence-electron chi connectivity index (χ3n) is 4.25. The normalized spacial score (nSPS) is 10.6. The van der Waals surface area contributed by atoms with Crippen LogP contribution < -0.4 is 14.8 Å². The highest BCUT2D eigenvalue weighted by molar-refractivity contribution is 14.1. The molecule has 3 rings (SSSR count). The van der Waals surface area contributed by atoms with E-state index in [-0.39, 0.29) is 0 Å². The number of anilines is 1. The highest BCUT2D eigenvalue weighted by Crippen LogP contribution is 2.35. The summed E-state index contributed by atoms with van der Waals surface area (Å²) in [5.41, 5.74) is 4.26. The van der Waals surface area contributed by atoms with Crippen LogP contribution in [0.4, 0.5) is 5.69 Å². The summed E-state index contributed by atoms with van der Waals surface area (Å²) >= 11 is 11.9. The number of ether oxygens (including phenoxy) is 2. The average molecular weight is 573 g/mol. The van der Waals surface area contributed by atoms with Crippen LogP contribution in [0.3, 0.4) is 0 Å². The summed E-state index contributed by atoms with van der Waals surface area (Å²) in [5.74, 6) is 1.48. The van der Waals surface area contributed by atoms with Gasteiger partial charge in [-0.25, -0.2) is 0 Å². The molecule has 0 aromatic heterocycles. The lowest BCUT2D eigenvalue weighted by molar-refractivity contribution is 0.282. The summed E-state index contributed by atoms with van der Waals surface area (Å²) in [6.45, 7) is 3.14. The van der Waals surface area contributed by atoms with E-state index in [1.807, 2.05) is 55.5 Å². The molecule has 0 aliphatic rings. The Morgan fingerprint density at radius 1 is 1.04 bits per heavy atom. The minimum Gasteiger partial charge on any atom is -0.493 e. The molecule has 6 heteroatoms. The molecule has 3 aromatic rings. The number of hydrogen-bond donors (Lipinski definition) is 1. The lowest BCUT2D eigenvalue weighted by Gasteiger charge is -2.15. The van der Waals surface area contributed by atoms with Gasteiger partial charge >= 0.3 is 0 Å². The third kappa shape index (κ3) is 5.55. The van der Waals surface area contributed by atoms with E-state index in [1.54, 1.807) is 7.11 Å². The van der Waals surface area contributed by atoms with Crippen LogP contribution in [0.2, 0.25) is 5.02 Å². The standard InChI is InChI=1S/C22H20BrClINO2/c1-14-3-8-18(11-19(14)24)26-12-16-9-20(25)22(21(10-16)27-2)28-13-15-4-6-17(23)7-5-15/h3-11,26H,12-13H2,1-2H3. The van der Waals surface area contributed by atoms with Crippen LogP contribution in [0.5, 0.6) is 11.5 Å². The second-order valence-electron chi connectivity index (χ2n) is 6.34. The fourth-order valence-electron chi connectivity index (χ4n) is 2.66. The van der Waals surface area contributed by atoms with Crippen molar-refractivity contribution in [3.05, 3.63) is 84.4 Å². The number of methoxy groups -OCH3 is 1. The van der Waals surface area contributed by atoms with Crippen molar-refractivity contribution in [1.29, 1.82) is 0 Å². The molecule has 0 heterocycles. The Kier molecular flexibility index (Phi) is 7.48. The first kappa shape index (κ1) is 21.3. The summed E-state index contributed by atoms with van der Waals surface area (Å²) in [6, 6.07) is 18.2. The SMILES string of the molecule is COc1cc(CNc2ccc(C)c(Cl)c2)cc(I)c1OCc1ccc(Br)cc1. The second-order valence-corrected chi connectivity index (χ2v) is 8.83. The summed E-state index contributed by atoms with van der Waals surface area (Å²) < 4.78 is 13.7. The first-order chi connectivity index (χ1) is 13.5. The Hall–Kier alpha value is -1.44. The zero-order valence-corrected chi connectivity index (χ0v) is 20.1. The molecule has 0 unspecified atom stereocenters. The van der Waals surface area contributed by atoms with Gasteiger partial charge in [-0.1, -0.05) is 45.7 Å². The summed E-state index contributed by atoms with van der Waals surface area (Å²) in [6.07, 6.45) is 0. The van der Waals surface area contributed by atoms with Crippen LogP contribution in [-0.4, -0.2) is 7.11 Å². The van der Waals surface area contributed by atoms with Crippen LogP contribution >= 0.6 is 50.1 Å². The van der Waals surface area contributed by atoms with E-state index in [2.05, 4.69) is 49.9 Å². The molecular weight excluding hydrogens is 553 g/mol. The quantitative estimate of drug-likeness (QED) is 0.304. The van der Waals surface area contributed by atoms with Crippen molar-refractivity contribution in [2.75, 3.05) is 12.4 Å². The zero-order chi connectivity index (χ0) is 20.1. The van der Waals surface area contributed by atoms with E-state index in [0.717, 1.165) is 46.9 Å². The predicted octanol–water partition coefficient (Wildman–Crippen LogP) is 7.22. The first-order valence-electron chi connectivity index (χ1n) is 8.70. The number of halogens is 3. The van der Waals surface area contributed by atoms with E-state index in [1.165, 1.54) is 0 Å². The molecule has 3 aromatic carbocycles. The Balaban J connectivity index is 1.71. The maximum absolute atomic E-state index is 6.20. The van der Waals surface area contributed by atoms with E-state index >= 15 is 0 Å². The van der Waals surface area contributed by atoms with E-state index in [9.17, 15) is 0 Å². The van der Waals surface area contributed by atoms with Crippen LogP contribution in [-0.2, 0) is 13.2 Å². The Labute approximate surface area is 192 Å². The van der Waals surface area contributed by atoms with Gasteiger partial charge in [0, 0.05) is 21.7 Å². The van der Waals surface area contributed by atoms with Gasteiger partial charge in [0.1, 0.15) is 6.61 Å². The minimum atomic E-state index is 0.485. The highest BCUT2D eigenvalue weighted by Gasteiger charge is 2.12. The summed E-state index contributed by atoms with van der Waals surface area (Å²) in [5, 5.41) is 4.16. The molecule has 0 fully saturated rings. The highest BCUT2D eigenvalue weighted by atomic mass is 127. The van der Waals surface area contributed by atoms with E-state index in [4.69, 9.17) is 21.1 Å². The van der Waals surface area contributed by atoms with Crippen molar-refractivity contribution in [1.82, 2.24) is 0 Å². The Morgan fingerprint density at radius 2 is 1.79 bits per heavy atom. The van der Waals surface area contributed by atoms with Gasteiger partial charge < -0.3 is 14.8 Å². The van der Waals surface area contributed by atoms with Gasteiger partial charge in [-0.05, 0) is 82.6 Å². The van der Waals surface area contributed by atoms with Gasteiger partial charge in [0.2, 0.25) is 0 Å². The van der Waals surface area contributed by atoms with Crippen molar-refractivity contribution in [3.8, 4) is 11.5 Å². The molecule has 0 spiro atoms. The molecule has 0 radical (unpaired) electrons. The molecule has 0 aliphatic carbocycles. The molecular formula is C22H20BrClINO2. The fraction of sp³-hybridized carbons (Fsp3) is 0.182. The lowest BCUT2D eigenvalue weighted by Crippen LogP contribution is -2.04. The Bertz CT molecular complexity index is 963. The Morgan fingerprint density at radius 3 is 2.46 bits per heavy atom. The largest absolute Gasteiger partial charge is 0.493 e. The molecule has 0 aliphatic heterocycles. The average Bonchev–Trinajstić information content (AvgIpc) is 2.69. The van der Waals surface area contributed by atoms with Gasteiger partial charge in [0.15, 0.2) is 11.5 Å². The second kappa shape index (κ2) is 9.85. The number of nitrogens with one attached hydrogen (secondary N) is 1. The van der Waals surface area contributed by atoms with Gasteiger partial charge in [-0.2, -0.15) is 0 Å². The maximum Gasteiger partial charge on any atom is 0.174 e. The van der Waals surface area contributed by atoms with E-state index < -0.39 is 0 Å². The van der Waals surface area contributed by atoms with Crippen molar-refractivity contribution >= 4 is 55.8 Å². The molecule has 0 atom stereocenters. The molecule has 28 heavy (non-hydrogen) atoms. The maximum atomic E-state index is 6.20. The fourth-order valence-corrected chi connectivity index (χ4v) is 3.92. The zero-order valence-electron chi connectivity index (χ0n) is 15.6. The van der Waals surface area contributed by atoms with Gasteiger partial charge in [-0.15, -0.1) is 0 Å². The van der Waals surface area contributed by atoms with Crippen molar-refractivity contribution in [2.24, 2.45) is 0 Å². The van der Waals surface area contributed by atoms with Gasteiger partial charge in [0.25, 0.3) is 0 Å².